The van der Waals surface area contributed by atoms with Crippen LogP contribution in [0.15, 0.2) is 60.7 Å². The SMILES string of the molecule is C.C.C#CC#CC#CC#CC#CC.CCCCc1ccccc1.Cc1ccccc1.[HH]. The van der Waals surface area contributed by atoms with Crippen molar-refractivity contribution in [1.82, 2.24) is 0 Å². The topological polar surface area (TPSA) is 0 Å². The van der Waals surface area contributed by atoms with Crippen LogP contribution in [0.2, 0.25) is 0 Å². The fraction of sp³-hybridized carbons (Fsp3) is 0.267. The van der Waals surface area contributed by atoms with Gasteiger partial charge in [-0.2, -0.15) is 0 Å². The highest BCUT2D eigenvalue weighted by Gasteiger charge is 1.87. The Hall–Kier alpha value is -3.76. The van der Waals surface area contributed by atoms with E-state index in [2.05, 4.69) is 110 Å². The maximum Gasteiger partial charge on any atom is 0 e. The van der Waals surface area contributed by atoms with Gasteiger partial charge in [-0.1, -0.05) is 100 Å². The van der Waals surface area contributed by atoms with Crippen molar-refractivity contribution in [2.75, 3.05) is 0 Å². The van der Waals surface area contributed by atoms with Crippen molar-refractivity contribution in [2.24, 2.45) is 0 Å². The third kappa shape index (κ3) is 22.3. The van der Waals surface area contributed by atoms with Gasteiger partial charge in [-0.05, 0) is 79.6 Å². The number of rotatable bonds is 3. The largest absolute Gasteiger partial charge is 0.106 e. The van der Waals surface area contributed by atoms with Crippen LogP contribution >= 0.6 is 0 Å². The second-order valence-corrected chi connectivity index (χ2v) is 5.51. The zero-order valence-electron chi connectivity index (χ0n) is 17.0. The van der Waals surface area contributed by atoms with Crippen LogP contribution in [0.3, 0.4) is 0 Å². The van der Waals surface area contributed by atoms with Gasteiger partial charge in [-0.3, -0.25) is 0 Å². The average Bonchev–Trinajstić information content (AvgIpc) is 2.74. The third-order valence-electron chi connectivity index (χ3n) is 3.17. The van der Waals surface area contributed by atoms with Gasteiger partial charge in [-0.25, -0.2) is 0 Å². The summed E-state index contributed by atoms with van der Waals surface area (Å²) in [6.45, 7) is 6.02. The van der Waals surface area contributed by atoms with Crippen molar-refractivity contribution < 1.29 is 1.43 Å². The van der Waals surface area contributed by atoms with E-state index in [1.807, 2.05) is 18.2 Å². The molecule has 0 heteroatoms. The first-order valence-corrected chi connectivity index (χ1v) is 9.17. The summed E-state index contributed by atoms with van der Waals surface area (Å²) in [6, 6.07) is 20.9. The average molecular weight is 397 g/mol. The Morgan fingerprint density at radius 3 is 1.60 bits per heavy atom. The number of hydrogen-bond donors (Lipinski definition) is 0. The number of unbranched alkanes of at least 4 members (excludes halogenated alkanes) is 1. The number of benzene rings is 2. The van der Waals surface area contributed by atoms with Gasteiger partial charge in [0, 0.05) is 1.43 Å². The zero-order chi connectivity index (χ0) is 20.7. The van der Waals surface area contributed by atoms with Crippen molar-refractivity contribution in [3.8, 4) is 59.7 Å². The van der Waals surface area contributed by atoms with Gasteiger partial charge < -0.3 is 0 Å². The van der Waals surface area contributed by atoms with Gasteiger partial charge >= 0.3 is 0 Å². The van der Waals surface area contributed by atoms with Crippen molar-refractivity contribution in [2.45, 2.75) is 54.9 Å². The molecule has 30 heavy (non-hydrogen) atoms. The van der Waals surface area contributed by atoms with Crippen LogP contribution in [-0.4, -0.2) is 0 Å². The molecule has 0 aliphatic carbocycles. The fourth-order valence-electron chi connectivity index (χ4n) is 1.81. The first kappa shape index (κ1) is 31.0. The summed E-state index contributed by atoms with van der Waals surface area (Å²) < 4.78 is 0. The minimum absolute atomic E-state index is 0. The van der Waals surface area contributed by atoms with E-state index in [4.69, 9.17) is 6.42 Å². The van der Waals surface area contributed by atoms with Crippen molar-refractivity contribution in [3.63, 3.8) is 0 Å². The molecule has 0 unspecified atom stereocenters. The molecule has 0 aliphatic rings. The predicted molar refractivity (Wildman–Crippen MR) is 137 cm³/mol. The van der Waals surface area contributed by atoms with Crippen LogP contribution in [0.1, 0.15) is 54.1 Å². The predicted octanol–water partition coefficient (Wildman–Crippen LogP) is 7.20. The summed E-state index contributed by atoms with van der Waals surface area (Å²) in [5.41, 5.74) is 2.78. The molecular formula is C30H36. The molecule has 0 radical (unpaired) electrons. The van der Waals surface area contributed by atoms with Crippen LogP contribution in [0.25, 0.3) is 0 Å². The highest BCUT2D eigenvalue weighted by Crippen LogP contribution is 2.03. The standard InChI is InChI=1S/C11H4.C10H14.C7H8.2CH4.H2/c1-3-5-7-9-11-10-8-6-4-2;1-2-3-7-10-8-5-4-6-9-10;1-7-5-3-2-4-6-7;;;/h1H,2H3;4-6,8-9H,2-3,7H2,1H3;2-6H,1H3;2*1H4;1H. The molecule has 0 N–H and O–H groups in total. The van der Waals surface area contributed by atoms with Gasteiger partial charge in [0.25, 0.3) is 0 Å². The molecule has 156 valence electrons. The van der Waals surface area contributed by atoms with Gasteiger partial charge in [0.2, 0.25) is 0 Å². The van der Waals surface area contributed by atoms with Gasteiger partial charge in [0.05, 0.1) is 0 Å². The van der Waals surface area contributed by atoms with E-state index in [-0.39, 0.29) is 16.3 Å². The minimum Gasteiger partial charge on any atom is -0.106 e. The lowest BCUT2D eigenvalue weighted by Gasteiger charge is -1.96. The molecule has 0 spiro atoms. The molecule has 0 atom stereocenters. The van der Waals surface area contributed by atoms with Crippen LogP contribution in [0.4, 0.5) is 0 Å². The number of hydrogen-bond acceptors (Lipinski definition) is 0. The van der Waals surface area contributed by atoms with Crippen molar-refractivity contribution in [1.29, 1.82) is 0 Å². The molecule has 0 saturated carbocycles. The molecule has 2 aromatic rings. The lowest BCUT2D eigenvalue weighted by atomic mass is 10.1. The van der Waals surface area contributed by atoms with Crippen LogP contribution in [-0.2, 0) is 6.42 Å². The molecule has 0 aliphatic heterocycles. The lowest BCUT2D eigenvalue weighted by molar-refractivity contribution is 0.795. The maximum atomic E-state index is 4.84. The van der Waals surface area contributed by atoms with Crippen LogP contribution in [0.5, 0.6) is 0 Å². The van der Waals surface area contributed by atoms with E-state index in [9.17, 15) is 0 Å². The molecule has 0 amide bonds. The Labute approximate surface area is 188 Å². The van der Waals surface area contributed by atoms with Crippen LogP contribution in [0, 0.1) is 66.6 Å². The Bertz CT molecular complexity index is 933. The fourth-order valence-corrected chi connectivity index (χ4v) is 1.81. The summed E-state index contributed by atoms with van der Waals surface area (Å²) in [5, 5.41) is 0. The van der Waals surface area contributed by atoms with Crippen molar-refractivity contribution >= 4 is 0 Å². The summed E-state index contributed by atoms with van der Waals surface area (Å²) in [7, 11) is 0. The second-order valence-electron chi connectivity index (χ2n) is 5.51. The molecule has 0 aromatic heterocycles. The van der Waals surface area contributed by atoms with Gasteiger partial charge in [0.1, 0.15) is 0 Å². The highest BCUT2D eigenvalue weighted by atomic mass is 13.9. The van der Waals surface area contributed by atoms with Crippen LogP contribution < -0.4 is 0 Å². The summed E-state index contributed by atoms with van der Waals surface area (Å²) >= 11 is 0. The Kier molecular flexibility index (Phi) is 26.0. The van der Waals surface area contributed by atoms with E-state index in [1.165, 1.54) is 30.4 Å². The van der Waals surface area contributed by atoms with E-state index >= 15 is 0 Å². The van der Waals surface area contributed by atoms with E-state index in [0.717, 1.165) is 0 Å². The molecule has 0 bridgehead atoms. The highest BCUT2D eigenvalue weighted by molar-refractivity contribution is 5.41. The molecule has 0 saturated heterocycles. The molecule has 0 fully saturated rings. The summed E-state index contributed by atoms with van der Waals surface area (Å²) in [6.07, 6.45) is 8.67. The lowest BCUT2D eigenvalue weighted by Crippen LogP contribution is -1.81. The first-order chi connectivity index (χ1) is 13.7. The number of terminal acetylenes is 1. The molecule has 2 aromatic carbocycles. The second kappa shape index (κ2) is 25.2. The monoisotopic (exact) mass is 396 g/mol. The molecular weight excluding hydrogens is 360 g/mol. The van der Waals surface area contributed by atoms with Gasteiger partial charge in [-0.15, -0.1) is 6.42 Å². The zero-order valence-corrected chi connectivity index (χ0v) is 17.0. The molecule has 2 rings (SSSR count). The quantitative estimate of drug-likeness (QED) is 0.481. The minimum atomic E-state index is 0. The summed E-state index contributed by atoms with van der Waals surface area (Å²) in [5.74, 6) is 22.0. The maximum absolute atomic E-state index is 4.84. The Balaban J connectivity index is -0.000000171. The Morgan fingerprint density at radius 1 is 0.733 bits per heavy atom. The smallest absolute Gasteiger partial charge is 0 e. The molecule has 0 heterocycles. The van der Waals surface area contributed by atoms with Crippen molar-refractivity contribution in [3.05, 3.63) is 71.8 Å². The first-order valence-electron chi connectivity index (χ1n) is 9.17. The van der Waals surface area contributed by atoms with E-state index in [1.54, 1.807) is 6.92 Å². The third-order valence-corrected chi connectivity index (χ3v) is 3.17. The van der Waals surface area contributed by atoms with Gasteiger partial charge in [0.15, 0.2) is 0 Å². The number of aryl methyl sites for hydroxylation is 2. The van der Waals surface area contributed by atoms with E-state index in [0.29, 0.717) is 0 Å². The molecule has 0 nitrogen and oxygen atoms in total. The summed E-state index contributed by atoms with van der Waals surface area (Å²) in [4.78, 5) is 0. The van der Waals surface area contributed by atoms with E-state index < -0.39 is 0 Å². The Morgan fingerprint density at radius 2 is 1.20 bits per heavy atom. The normalized spacial score (nSPS) is 6.60.